The topological polar surface area (TPSA) is 128 Å². The van der Waals surface area contributed by atoms with E-state index < -0.39 is 5.25 Å². The van der Waals surface area contributed by atoms with E-state index in [0.717, 1.165) is 22.9 Å². The average Bonchev–Trinajstić information content (AvgIpc) is 2.78. The Morgan fingerprint density at radius 3 is 2.33 bits per heavy atom. The number of nitrogens with one attached hydrogen (secondary N) is 1. The van der Waals surface area contributed by atoms with E-state index in [-0.39, 0.29) is 22.9 Å². The number of nitriles is 2. The minimum Gasteiger partial charge on any atom is -0.383 e. The maximum Gasteiger partial charge on any atom is 0.238 e. The van der Waals surface area contributed by atoms with Gasteiger partial charge in [-0.25, -0.2) is 9.97 Å². The van der Waals surface area contributed by atoms with Gasteiger partial charge in [0.25, 0.3) is 0 Å². The third kappa shape index (κ3) is 5.31. The van der Waals surface area contributed by atoms with Gasteiger partial charge in [0.05, 0.1) is 10.8 Å². The first kappa shape index (κ1) is 23.8. The van der Waals surface area contributed by atoms with Gasteiger partial charge in [0, 0.05) is 11.8 Å². The summed E-state index contributed by atoms with van der Waals surface area (Å²) in [5.41, 5.74) is 9.71. The molecule has 0 spiro atoms. The first-order valence-corrected chi connectivity index (χ1v) is 11.3. The second-order valence-corrected chi connectivity index (χ2v) is 9.22. The SMILES string of the molecule is Cc1ccnc(NC(=O)C(C)Sc2nc(N)c(C#N)c(-c3ccc(C(C)C)cc3)c2C#N)c1. The lowest BCUT2D eigenvalue weighted by Gasteiger charge is -2.16. The molecule has 2 heterocycles. The first-order chi connectivity index (χ1) is 15.7. The molecular formula is C25H24N6OS. The molecule has 1 amide bonds. The predicted octanol–water partition coefficient (Wildman–Crippen LogP) is 5.02. The van der Waals surface area contributed by atoms with Crippen molar-refractivity contribution in [3.63, 3.8) is 0 Å². The molecule has 33 heavy (non-hydrogen) atoms. The van der Waals surface area contributed by atoms with E-state index >= 15 is 0 Å². The molecule has 1 aromatic carbocycles. The molecular weight excluding hydrogens is 432 g/mol. The number of aryl methyl sites for hydroxylation is 1. The van der Waals surface area contributed by atoms with Crippen molar-refractivity contribution in [1.82, 2.24) is 9.97 Å². The van der Waals surface area contributed by atoms with Crippen LogP contribution in [0.1, 0.15) is 48.9 Å². The molecule has 0 bridgehead atoms. The lowest BCUT2D eigenvalue weighted by atomic mass is 9.94. The molecule has 0 fully saturated rings. The summed E-state index contributed by atoms with van der Waals surface area (Å²) >= 11 is 1.11. The van der Waals surface area contributed by atoms with Gasteiger partial charge in [-0.05, 0) is 48.6 Å². The molecule has 0 saturated carbocycles. The summed E-state index contributed by atoms with van der Waals surface area (Å²) in [5, 5.41) is 22.2. The second-order valence-electron chi connectivity index (χ2n) is 7.90. The molecule has 0 aliphatic heterocycles. The fourth-order valence-corrected chi connectivity index (χ4v) is 4.18. The van der Waals surface area contributed by atoms with Gasteiger partial charge >= 0.3 is 0 Å². The van der Waals surface area contributed by atoms with Crippen LogP contribution in [0, 0.1) is 29.6 Å². The molecule has 0 saturated heterocycles. The highest BCUT2D eigenvalue weighted by Gasteiger charge is 2.24. The number of nitrogens with zero attached hydrogens (tertiary/aromatic N) is 4. The van der Waals surface area contributed by atoms with Crippen molar-refractivity contribution in [2.45, 2.75) is 43.9 Å². The number of hydrogen-bond donors (Lipinski definition) is 2. The van der Waals surface area contributed by atoms with Crippen LogP contribution in [0.5, 0.6) is 0 Å². The normalized spacial score (nSPS) is 11.5. The van der Waals surface area contributed by atoms with Gasteiger partial charge in [0.2, 0.25) is 5.91 Å². The highest BCUT2D eigenvalue weighted by molar-refractivity contribution is 8.00. The third-order valence-electron chi connectivity index (χ3n) is 5.11. The molecule has 1 unspecified atom stereocenters. The number of pyridine rings is 2. The number of anilines is 2. The molecule has 0 radical (unpaired) electrons. The number of thioether (sulfide) groups is 1. The monoisotopic (exact) mass is 456 g/mol. The van der Waals surface area contributed by atoms with E-state index in [1.807, 2.05) is 37.3 Å². The van der Waals surface area contributed by atoms with Crippen molar-refractivity contribution in [1.29, 1.82) is 10.5 Å². The van der Waals surface area contributed by atoms with Crippen LogP contribution in [0.4, 0.5) is 11.6 Å². The molecule has 3 aromatic rings. The number of hydrogen-bond acceptors (Lipinski definition) is 7. The fraction of sp³-hybridized carbons (Fsp3) is 0.240. The Morgan fingerprint density at radius 2 is 1.76 bits per heavy atom. The molecule has 166 valence electrons. The number of amides is 1. The van der Waals surface area contributed by atoms with E-state index in [2.05, 4.69) is 41.3 Å². The Balaban J connectivity index is 1.98. The second kappa shape index (κ2) is 10.2. The number of carbonyl (C=O) groups is 1. The Labute approximate surface area is 197 Å². The van der Waals surface area contributed by atoms with Gasteiger partial charge in [-0.15, -0.1) is 0 Å². The molecule has 2 aromatic heterocycles. The van der Waals surface area contributed by atoms with Crippen LogP contribution in [0.2, 0.25) is 0 Å². The van der Waals surface area contributed by atoms with Gasteiger partial charge < -0.3 is 11.1 Å². The van der Waals surface area contributed by atoms with Gasteiger partial charge in [-0.2, -0.15) is 10.5 Å². The Bertz CT molecular complexity index is 1270. The highest BCUT2D eigenvalue weighted by Crippen LogP contribution is 2.37. The van der Waals surface area contributed by atoms with Crippen molar-refractivity contribution in [2.75, 3.05) is 11.1 Å². The van der Waals surface area contributed by atoms with Crippen LogP contribution in [0.25, 0.3) is 11.1 Å². The van der Waals surface area contributed by atoms with E-state index in [1.54, 1.807) is 19.2 Å². The fourth-order valence-electron chi connectivity index (χ4n) is 3.26. The predicted molar refractivity (Wildman–Crippen MR) is 131 cm³/mol. The number of carbonyl (C=O) groups excluding carboxylic acids is 1. The van der Waals surface area contributed by atoms with Crippen LogP contribution < -0.4 is 11.1 Å². The molecule has 1 atom stereocenters. The average molecular weight is 457 g/mol. The largest absolute Gasteiger partial charge is 0.383 e. The maximum absolute atomic E-state index is 12.7. The number of nitrogen functional groups attached to an aromatic ring is 1. The Kier molecular flexibility index (Phi) is 7.32. The zero-order valence-electron chi connectivity index (χ0n) is 18.9. The van der Waals surface area contributed by atoms with Crippen LogP contribution >= 0.6 is 11.8 Å². The molecule has 3 rings (SSSR count). The number of nitrogens with two attached hydrogens (primary N) is 1. The zero-order chi connectivity index (χ0) is 24.1. The number of rotatable bonds is 6. The van der Waals surface area contributed by atoms with Crippen molar-refractivity contribution < 1.29 is 4.79 Å². The van der Waals surface area contributed by atoms with Gasteiger partial charge in [0.1, 0.15) is 34.4 Å². The van der Waals surface area contributed by atoms with E-state index in [0.29, 0.717) is 27.9 Å². The summed E-state index contributed by atoms with van der Waals surface area (Å²) in [6, 6.07) is 15.5. The lowest BCUT2D eigenvalue weighted by molar-refractivity contribution is -0.115. The number of benzene rings is 1. The van der Waals surface area contributed by atoms with Gasteiger partial charge in [-0.3, -0.25) is 4.79 Å². The summed E-state index contributed by atoms with van der Waals surface area (Å²) in [4.78, 5) is 21.2. The van der Waals surface area contributed by atoms with Crippen molar-refractivity contribution in [2.24, 2.45) is 0 Å². The minimum absolute atomic E-state index is 0.0231. The minimum atomic E-state index is -0.588. The smallest absolute Gasteiger partial charge is 0.238 e. The van der Waals surface area contributed by atoms with Crippen molar-refractivity contribution >= 4 is 29.3 Å². The van der Waals surface area contributed by atoms with Gasteiger partial charge in [-0.1, -0.05) is 49.9 Å². The number of aromatic nitrogens is 2. The van der Waals surface area contributed by atoms with E-state index in [4.69, 9.17) is 5.73 Å². The van der Waals surface area contributed by atoms with Crippen LogP contribution in [0.3, 0.4) is 0 Å². The summed E-state index contributed by atoms with van der Waals surface area (Å²) < 4.78 is 0. The third-order valence-corrected chi connectivity index (χ3v) is 6.19. The molecule has 0 aliphatic rings. The summed E-state index contributed by atoms with van der Waals surface area (Å²) in [5.74, 6) is 0.538. The van der Waals surface area contributed by atoms with Crippen LogP contribution in [0.15, 0.2) is 47.6 Å². The van der Waals surface area contributed by atoms with E-state index in [9.17, 15) is 15.3 Å². The maximum atomic E-state index is 12.7. The Hall–Kier alpha value is -3.88. The quantitative estimate of drug-likeness (QED) is 0.498. The summed E-state index contributed by atoms with van der Waals surface area (Å²) in [6.45, 7) is 7.81. The first-order valence-electron chi connectivity index (χ1n) is 10.4. The molecule has 3 N–H and O–H groups in total. The molecule has 8 heteroatoms. The van der Waals surface area contributed by atoms with Crippen molar-refractivity contribution in [3.05, 3.63) is 64.8 Å². The molecule has 0 aliphatic carbocycles. The van der Waals surface area contributed by atoms with Gasteiger partial charge in [0.15, 0.2) is 0 Å². The molecule has 7 nitrogen and oxygen atoms in total. The zero-order valence-corrected chi connectivity index (χ0v) is 19.7. The van der Waals surface area contributed by atoms with Crippen LogP contribution in [-0.2, 0) is 4.79 Å². The van der Waals surface area contributed by atoms with Crippen molar-refractivity contribution in [3.8, 4) is 23.3 Å². The lowest BCUT2D eigenvalue weighted by Crippen LogP contribution is -2.23. The van der Waals surface area contributed by atoms with Crippen LogP contribution in [-0.4, -0.2) is 21.1 Å². The summed E-state index contributed by atoms with van der Waals surface area (Å²) in [6.07, 6.45) is 1.62. The van der Waals surface area contributed by atoms with E-state index in [1.165, 1.54) is 0 Å². The highest BCUT2D eigenvalue weighted by atomic mass is 32.2. The Morgan fingerprint density at radius 1 is 1.09 bits per heavy atom. The summed E-state index contributed by atoms with van der Waals surface area (Å²) in [7, 11) is 0. The standard InChI is InChI=1S/C25H24N6OS/c1-14(2)17-5-7-18(8-6-17)22-19(12-26)23(28)31-25(20(22)13-27)33-16(4)24(32)30-21-11-15(3)9-10-29-21/h5-11,14,16H,1-4H3,(H2,28,31)(H,29,30,32).